The molecule has 1 atom stereocenters. The molecule has 0 aliphatic heterocycles. The highest BCUT2D eigenvalue weighted by Crippen LogP contribution is 2.36. The molecule has 2 rings (SSSR count). The van der Waals surface area contributed by atoms with Crippen molar-refractivity contribution in [1.82, 2.24) is 0 Å². The second-order valence-corrected chi connectivity index (χ2v) is 4.80. The molecule has 1 aromatic carbocycles. The van der Waals surface area contributed by atoms with Gasteiger partial charge in [-0.3, -0.25) is 0 Å². The summed E-state index contributed by atoms with van der Waals surface area (Å²) in [5.41, 5.74) is 8.73. The van der Waals surface area contributed by atoms with Crippen LogP contribution in [0.2, 0.25) is 0 Å². The van der Waals surface area contributed by atoms with Crippen molar-refractivity contribution in [2.45, 2.75) is 38.5 Å². The molecular weight excluding hydrogens is 182 g/mol. The zero-order valence-electron chi connectivity index (χ0n) is 9.58. The molecule has 1 unspecified atom stereocenters. The minimum absolute atomic E-state index is 0.590. The first kappa shape index (κ1) is 10.7. The molecule has 0 spiro atoms. The van der Waals surface area contributed by atoms with E-state index in [4.69, 9.17) is 5.73 Å². The maximum absolute atomic E-state index is 5.93. The third-order valence-corrected chi connectivity index (χ3v) is 3.69. The van der Waals surface area contributed by atoms with Crippen LogP contribution in [0.4, 0.5) is 0 Å². The van der Waals surface area contributed by atoms with E-state index in [1.165, 1.54) is 36.8 Å². The molecule has 1 aromatic rings. The van der Waals surface area contributed by atoms with Crippen LogP contribution in [-0.4, -0.2) is 6.54 Å². The summed E-state index contributed by atoms with van der Waals surface area (Å²) in [5, 5.41) is 0. The number of rotatable bonds is 3. The van der Waals surface area contributed by atoms with Crippen molar-refractivity contribution >= 4 is 0 Å². The molecule has 0 radical (unpaired) electrons. The molecule has 1 aliphatic carbocycles. The van der Waals surface area contributed by atoms with Crippen molar-refractivity contribution in [2.24, 2.45) is 11.7 Å². The van der Waals surface area contributed by atoms with Crippen molar-refractivity contribution in [2.75, 3.05) is 6.54 Å². The Hall–Kier alpha value is -0.820. The predicted octanol–water partition coefficient (Wildman–Crippen LogP) is 3.23. The number of benzene rings is 1. The Morgan fingerprint density at radius 2 is 2.07 bits per heavy atom. The largest absolute Gasteiger partial charge is 0.330 e. The van der Waals surface area contributed by atoms with Crippen LogP contribution in [-0.2, 0) is 0 Å². The quantitative estimate of drug-likeness (QED) is 0.802. The van der Waals surface area contributed by atoms with Crippen LogP contribution in [0.5, 0.6) is 0 Å². The normalized spacial score (nSPS) is 19.3. The first-order valence-electron chi connectivity index (χ1n) is 6.08. The van der Waals surface area contributed by atoms with Gasteiger partial charge in [0.15, 0.2) is 0 Å². The highest BCUT2D eigenvalue weighted by molar-refractivity contribution is 5.26. The van der Waals surface area contributed by atoms with Gasteiger partial charge in [-0.2, -0.15) is 0 Å². The van der Waals surface area contributed by atoms with Gasteiger partial charge in [0.05, 0.1) is 0 Å². The molecule has 0 saturated heterocycles. The van der Waals surface area contributed by atoms with E-state index < -0.39 is 0 Å². The summed E-state index contributed by atoms with van der Waals surface area (Å²) in [4.78, 5) is 0. The molecule has 1 saturated carbocycles. The van der Waals surface area contributed by atoms with E-state index in [2.05, 4.69) is 31.2 Å². The number of hydrogen-bond acceptors (Lipinski definition) is 1. The molecule has 0 heterocycles. The Labute approximate surface area is 92.7 Å². The van der Waals surface area contributed by atoms with Crippen LogP contribution >= 0.6 is 0 Å². The van der Waals surface area contributed by atoms with Gasteiger partial charge < -0.3 is 5.73 Å². The number of aryl methyl sites for hydroxylation is 1. The van der Waals surface area contributed by atoms with Gasteiger partial charge in [-0.1, -0.05) is 42.7 Å². The molecule has 1 heteroatoms. The van der Waals surface area contributed by atoms with E-state index >= 15 is 0 Å². The van der Waals surface area contributed by atoms with Crippen molar-refractivity contribution in [3.8, 4) is 0 Å². The molecular formula is C14H21N. The maximum atomic E-state index is 5.93. The first-order chi connectivity index (χ1) is 7.31. The summed E-state index contributed by atoms with van der Waals surface area (Å²) < 4.78 is 0. The zero-order chi connectivity index (χ0) is 10.7. The second kappa shape index (κ2) is 4.80. The maximum Gasteiger partial charge on any atom is -0.000556 e. The summed E-state index contributed by atoms with van der Waals surface area (Å²) in [7, 11) is 0. The Morgan fingerprint density at radius 1 is 1.33 bits per heavy atom. The summed E-state index contributed by atoms with van der Waals surface area (Å²) in [6, 6.07) is 8.85. The third-order valence-electron chi connectivity index (χ3n) is 3.69. The van der Waals surface area contributed by atoms with Crippen LogP contribution in [0.25, 0.3) is 0 Å². The van der Waals surface area contributed by atoms with E-state index in [1.54, 1.807) is 0 Å². The Bertz CT molecular complexity index is 313. The summed E-state index contributed by atoms with van der Waals surface area (Å²) in [6.07, 6.45) is 5.53. The fourth-order valence-corrected chi connectivity index (χ4v) is 2.86. The molecule has 0 bridgehead atoms. The van der Waals surface area contributed by atoms with Gasteiger partial charge in [-0.15, -0.1) is 0 Å². The molecule has 15 heavy (non-hydrogen) atoms. The Balaban J connectivity index is 2.18. The van der Waals surface area contributed by atoms with E-state index in [-0.39, 0.29) is 0 Å². The first-order valence-corrected chi connectivity index (χ1v) is 6.08. The zero-order valence-corrected chi connectivity index (χ0v) is 9.58. The fraction of sp³-hybridized carbons (Fsp3) is 0.571. The van der Waals surface area contributed by atoms with Gasteiger partial charge in [-0.25, -0.2) is 0 Å². The lowest BCUT2D eigenvalue weighted by molar-refractivity contribution is 0.440. The molecule has 0 aromatic heterocycles. The lowest BCUT2D eigenvalue weighted by atomic mass is 9.84. The molecule has 1 nitrogen and oxygen atoms in total. The SMILES string of the molecule is Cc1cccc(C(CN)C2CCCC2)c1. The average Bonchev–Trinajstić information content (AvgIpc) is 2.72. The summed E-state index contributed by atoms with van der Waals surface area (Å²) in [6.45, 7) is 2.96. The molecule has 1 aliphatic rings. The van der Waals surface area contributed by atoms with Crippen molar-refractivity contribution in [3.63, 3.8) is 0 Å². The predicted molar refractivity (Wildman–Crippen MR) is 64.9 cm³/mol. The van der Waals surface area contributed by atoms with Crippen molar-refractivity contribution in [1.29, 1.82) is 0 Å². The summed E-state index contributed by atoms with van der Waals surface area (Å²) >= 11 is 0. The lowest BCUT2D eigenvalue weighted by Crippen LogP contribution is -2.19. The second-order valence-electron chi connectivity index (χ2n) is 4.80. The monoisotopic (exact) mass is 203 g/mol. The number of hydrogen-bond donors (Lipinski definition) is 1. The fourth-order valence-electron chi connectivity index (χ4n) is 2.86. The Morgan fingerprint density at radius 3 is 2.67 bits per heavy atom. The molecule has 0 amide bonds. The smallest absolute Gasteiger partial charge is 0.000556 e. The Kier molecular flexibility index (Phi) is 3.42. The van der Waals surface area contributed by atoms with E-state index in [0.29, 0.717) is 5.92 Å². The minimum atomic E-state index is 0.590. The van der Waals surface area contributed by atoms with E-state index in [1.807, 2.05) is 0 Å². The average molecular weight is 203 g/mol. The van der Waals surface area contributed by atoms with Gasteiger partial charge >= 0.3 is 0 Å². The molecule has 1 fully saturated rings. The van der Waals surface area contributed by atoms with Gasteiger partial charge in [0, 0.05) is 0 Å². The van der Waals surface area contributed by atoms with Crippen LogP contribution in [0.3, 0.4) is 0 Å². The van der Waals surface area contributed by atoms with E-state index in [0.717, 1.165) is 12.5 Å². The topological polar surface area (TPSA) is 26.0 Å². The van der Waals surface area contributed by atoms with E-state index in [9.17, 15) is 0 Å². The molecule has 82 valence electrons. The molecule has 2 N–H and O–H groups in total. The van der Waals surface area contributed by atoms with Crippen LogP contribution in [0.15, 0.2) is 24.3 Å². The van der Waals surface area contributed by atoms with Gasteiger partial charge in [0.2, 0.25) is 0 Å². The standard InChI is InChI=1S/C14H21N/c1-11-5-4-8-13(9-11)14(10-15)12-6-2-3-7-12/h4-5,8-9,12,14H,2-3,6-7,10,15H2,1H3. The van der Waals surface area contributed by atoms with Crippen LogP contribution in [0.1, 0.15) is 42.7 Å². The highest BCUT2D eigenvalue weighted by Gasteiger charge is 2.24. The minimum Gasteiger partial charge on any atom is -0.330 e. The lowest BCUT2D eigenvalue weighted by Gasteiger charge is -2.22. The highest BCUT2D eigenvalue weighted by atomic mass is 14.6. The summed E-state index contributed by atoms with van der Waals surface area (Å²) in [5.74, 6) is 1.42. The van der Waals surface area contributed by atoms with Crippen LogP contribution < -0.4 is 5.73 Å². The van der Waals surface area contributed by atoms with Crippen molar-refractivity contribution in [3.05, 3.63) is 35.4 Å². The van der Waals surface area contributed by atoms with Gasteiger partial charge in [0.1, 0.15) is 0 Å². The third kappa shape index (κ3) is 2.40. The van der Waals surface area contributed by atoms with Crippen molar-refractivity contribution < 1.29 is 0 Å². The number of nitrogens with two attached hydrogens (primary N) is 1. The van der Waals surface area contributed by atoms with Gasteiger partial charge in [-0.05, 0) is 43.7 Å². The van der Waals surface area contributed by atoms with Crippen LogP contribution in [0, 0.1) is 12.8 Å². The van der Waals surface area contributed by atoms with Gasteiger partial charge in [0.25, 0.3) is 0 Å².